The number of aliphatic imine (C=N–C) groups is 1. The van der Waals surface area contributed by atoms with Gasteiger partial charge in [0.1, 0.15) is 0 Å². The molecule has 0 radical (unpaired) electrons. The fraction of sp³-hybridized carbons (Fsp3) is 0.417. The number of benzene rings is 2. The van der Waals surface area contributed by atoms with E-state index in [0.717, 1.165) is 48.8 Å². The van der Waals surface area contributed by atoms with Crippen LogP contribution >= 0.6 is 11.8 Å². The first kappa shape index (κ1) is 21.6. The van der Waals surface area contributed by atoms with E-state index in [0.29, 0.717) is 12.1 Å². The Morgan fingerprint density at radius 1 is 1.07 bits per heavy atom. The Hall–Kier alpha value is -2.11. The summed E-state index contributed by atoms with van der Waals surface area (Å²) in [6.07, 6.45) is 1.97. The van der Waals surface area contributed by atoms with E-state index in [9.17, 15) is 4.79 Å². The van der Waals surface area contributed by atoms with Crippen molar-refractivity contribution in [2.24, 2.45) is 4.99 Å². The van der Waals surface area contributed by atoms with Crippen molar-refractivity contribution in [2.75, 3.05) is 26.2 Å². The van der Waals surface area contributed by atoms with Crippen molar-refractivity contribution in [2.45, 2.75) is 50.3 Å². The van der Waals surface area contributed by atoms with Crippen molar-refractivity contribution in [1.82, 2.24) is 10.2 Å². The average Bonchev–Trinajstić information content (AvgIpc) is 2.87. The summed E-state index contributed by atoms with van der Waals surface area (Å²) in [5.74, 6) is -0.0326. The maximum absolute atomic E-state index is 12.7. The molecule has 0 aliphatic carbocycles. The lowest BCUT2D eigenvalue weighted by atomic mass is 10.0. The minimum Gasteiger partial charge on any atom is -0.351 e. The third-order valence-electron chi connectivity index (χ3n) is 5.24. The lowest BCUT2D eigenvalue weighted by Crippen LogP contribution is -2.34. The zero-order valence-electron chi connectivity index (χ0n) is 17.9. The van der Waals surface area contributed by atoms with E-state index in [4.69, 9.17) is 4.99 Å². The van der Waals surface area contributed by atoms with Gasteiger partial charge in [-0.25, -0.2) is 0 Å². The van der Waals surface area contributed by atoms with Crippen molar-refractivity contribution in [1.29, 1.82) is 0 Å². The summed E-state index contributed by atoms with van der Waals surface area (Å²) in [5.41, 5.74) is 5.14. The third kappa shape index (κ3) is 5.28. The van der Waals surface area contributed by atoms with Crippen LogP contribution in [0.5, 0.6) is 0 Å². The Balaban J connectivity index is 1.84. The summed E-state index contributed by atoms with van der Waals surface area (Å²) in [5, 5.41) is 3.05. The van der Waals surface area contributed by atoms with E-state index in [1.807, 2.05) is 18.2 Å². The van der Waals surface area contributed by atoms with E-state index in [2.05, 4.69) is 56.1 Å². The molecule has 0 spiro atoms. The van der Waals surface area contributed by atoms with E-state index in [-0.39, 0.29) is 5.91 Å². The Bertz CT molecular complexity index is 903. The maximum Gasteiger partial charge on any atom is 0.251 e. The van der Waals surface area contributed by atoms with Gasteiger partial charge in [0.2, 0.25) is 0 Å². The third-order valence-corrected chi connectivity index (χ3v) is 6.38. The van der Waals surface area contributed by atoms with Crippen LogP contribution in [0.4, 0.5) is 5.69 Å². The van der Waals surface area contributed by atoms with Gasteiger partial charge in [-0.1, -0.05) is 50.6 Å². The second kappa shape index (κ2) is 10.1. The fourth-order valence-corrected chi connectivity index (χ4v) is 4.52. The number of carbonyl (C=O) groups excluding carboxylic acids is 1. The Kier molecular flexibility index (Phi) is 7.51. The maximum atomic E-state index is 12.7. The molecule has 1 amide bonds. The summed E-state index contributed by atoms with van der Waals surface area (Å²) >= 11 is 1.74. The molecule has 4 nitrogen and oxygen atoms in total. The first-order chi connectivity index (χ1) is 14.0. The number of likely N-dealkylation sites (N-methyl/N-ethyl adjacent to an activating group) is 1. The van der Waals surface area contributed by atoms with Crippen molar-refractivity contribution < 1.29 is 4.79 Å². The highest BCUT2D eigenvalue weighted by Crippen LogP contribution is 2.41. The van der Waals surface area contributed by atoms with Crippen molar-refractivity contribution >= 4 is 29.1 Å². The van der Waals surface area contributed by atoms with Crippen molar-refractivity contribution in [3.63, 3.8) is 0 Å². The van der Waals surface area contributed by atoms with Gasteiger partial charge in [0.25, 0.3) is 5.91 Å². The van der Waals surface area contributed by atoms with Gasteiger partial charge < -0.3 is 10.2 Å². The largest absolute Gasteiger partial charge is 0.351 e. The zero-order valence-corrected chi connectivity index (χ0v) is 18.7. The van der Waals surface area contributed by atoms with Crippen LogP contribution in [-0.4, -0.2) is 42.7 Å². The summed E-state index contributed by atoms with van der Waals surface area (Å²) < 4.78 is 0. The number of nitrogens with zero attached hydrogens (tertiary/aromatic N) is 2. The molecule has 3 rings (SSSR count). The molecule has 0 bridgehead atoms. The SMILES string of the molecule is CCCC1=Nc2cc(C(=O)NCCN(CC)CC)ccc2Sc2ccc(C)cc21. The van der Waals surface area contributed by atoms with E-state index >= 15 is 0 Å². The molecule has 0 fully saturated rings. The molecule has 0 unspecified atom stereocenters. The highest BCUT2D eigenvalue weighted by Gasteiger charge is 2.18. The molecule has 2 aromatic rings. The molecule has 5 heteroatoms. The number of amides is 1. The number of aryl methyl sites for hydroxylation is 1. The molecule has 0 saturated carbocycles. The van der Waals surface area contributed by atoms with Crippen LogP contribution in [0.1, 0.15) is 55.1 Å². The smallest absolute Gasteiger partial charge is 0.251 e. The molecule has 154 valence electrons. The second-order valence-electron chi connectivity index (χ2n) is 7.38. The fourth-order valence-electron chi connectivity index (χ4n) is 3.51. The van der Waals surface area contributed by atoms with Gasteiger partial charge in [0, 0.05) is 39.7 Å². The topological polar surface area (TPSA) is 44.7 Å². The quantitative estimate of drug-likeness (QED) is 0.630. The van der Waals surface area contributed by atoms with Gasteiger partial charge in [0.15, 0.2) is 0 Å². The summed E-state index contributed by atoms with van der Waals surface area (Å²) in [6, 6.07) is 12.4. The predicted molar refractivity (Wildman–Crippen MR) is 123 cm³/mol. The highest BCUT2D eigenvalue weighted by atomic mass is 32.2. The molecule has 1 N–H and O–H groups in total. The van der Waals surface area contributed by atoms with Crippen LogP contribution in [0.25, 0.3) is 0 Å². The first-order valence-corrected chi connectivity index (χ1v) is 11.4. The van der Waals surface area contributed by atoms with Crippen LogP contribution < -0.4 is 5.32 Å². The van der Waals surface area contributed by atoms with Crippen LogP contribution in [0.15, 0.2) is 51.2 Å². The molecule has 1 aliphatic heterocycles. The minimum absolute atomic E-state index is 0.0326. The van der Waals surface area contributed by atoms with Gasteiger partial charge in [-0.05, 0) is 56.8 Å². The molecule has 29 heavy (non-hydrogen) atoms. The number of hydrogen-bond acceptors (Lipinski definition) is 4. The van der Waals surface area contributed by atoms with Gasteiger partial charge in [0.05, 0.1) is 5.69 Å². The summed E-state index contributed by atoms with van der Waals surface area (Å²) in [6.45, 7) is 12.1. The Morgan fingerprint density at radius 2 is 1.83 bits per heavy atom. The van der Waals surface area contributed by atoms with Gasteiger partial charge in [-0.3, -0.25) is 9.79 Å². The Morgan fingerprint density at radius 3 is 2.55 bits per heavy atom. The number of nitrogens with one attached hydrogen (secondary N) is 1. The van der Waals surface area contributed by atoms with E-state index < -0.39 is 0 Å². The number of rotatable bonds is 8. The van der Waals surface area contributed by atoms with Crippen LogP contribution in [0.3, 0.4) is 0 Å². The van der Waals surface area contributed by atoms with E-state index in [1.165, 1.54) is 16.0 Å². The predicted octanol–water partition coefficient (Wildman–Crippen LogP) is 5.45. The van der Waals surface area contributed by atoms with Gasteiger partial charge >= 0.3 is 0 Å². The summed E-state index contributed by atoms with van der Waals surface area (Å²) in [4.78, 5) is 22.3. The Labute approximate surface area is 178 Å². The normalized spacial score (nSPS) is 12.8. The zero-order chi connectivity index (χ0) is 20.8. The molecule has 2 aromatic carbocycles. The monoisotopic (exact) mass is 409 g/mol. The molecule has 0 atom stereocenters. The number of carbonyl (C=O) groups is 1. The second-order valence-corrected chi connectivity index (χ2v) is 8.46. The number of hydrogen-bond donors (Lipinski definition) is 1. The average molecular weight is 410 g/mol. The molecule has 0 aromatic heterocycles. The molecule has 1 heterocycles. The molecule has 0 saturated heterocycles. The van der Waals surface area contributed by atoms with Crippen molar-refractivity contribution in [3.05, 3.63) is 53.1 Å². The lowest BCUT2D eigenvalue weighted by molar-refractivity contribution is 0.0949. The van der Waals surface area contributed by atoms with Crippen LogP contribution in [-0.2, 0) is 0 Å². The lowest BCUT2D eigenvalue weighted by Gasteiger charge is -2.18. The van der Waals surface area contributed by atoms with Gasteiger partial charge in [-0.2, -0.15) is 0 Å². The number of fused-ring (bicyclic) bond motifs is 2. The standard InChI is InChI=1S/C24H31N3OS/c1-5-8-20-19-15-17(4)9-11-22(19)29-23-12-10-18(16-21(23)26-20)24(28)25-13-14-27(6-2)7-3/h9-12,15-16H,5-8,13-14H2,1-4H3,(H,25,28). The first-order valence-electron chi connectivity index (χ1n) is 10.6. The van der Waals surface area contributed by atoms with Crippen LogP contribution in [0, 0.1) is 6.92 Å². The minimum atomic E-state index is -0.0326. The highest BCUT2D eigenvalue weighted by molar-refractivity contribution is 7.99. The van der Waals surface area contributed by atoms with Gasteiger partial charge in [-0.15, -0.1) is 0 Å². The van der Waals surface area contributed by atoms with Crippen molar-refractivity contribution in [3.8, 4) is 0 Å². The molecular weight excluding hydrogens is 378 g/mol. The van der Waals surface area contributed by atoms with Crippen LogP contribution in [0.2, 0.25) is 0 Å². The van der Waals surface area contributed by atoms with E-state index in [1.54, 1.807) is 11.8 Å². The molecule has 1 aliphatic rings. The summed E-state index contributed by atoms with van der Waals surface area (Å²) in [7, 11) is 0. The molecular formula is C24H31N3OS.